The van der Waals surface area contributed by atoms with Crippen LogP contribution in [0.5, 0.6) is 5.75 Å². The summed E-state index contributed by atoms with van der Waals surface area (Å²) in [5, 5.41) is 3.64. The van der Waals surface area contributed by atoms with Crippen LogP contribution in [0.4, 0.5) is 0 Å². The lowest BCUT2D eigenvalue weighted by Gasteiger charge is -2.29. The summed E-state index contributed by atoms with van der Waals surface area (Å²) in [6, 6.07) is 8.44. The van der Waals surface area contributed by atoms with E-state index < -0.39 is 5.91 Å². The third-order valence-electron chi connectivity index (χ3n) is 3.98. The van der Waals surface area contributed by atoms with Crippen LogP contribution in [0.1, 0.15) is 38.2 Å². The van der Waals surface area contributed by atoms with E-state index in [1.807, 2.05) is 24.3 Å². The van der Waals surface area contributed by atoms with Crippen molar-refractivity contribution in [3.8, 4) is 5.75 Å². The van der Waals surface area contributed by atoms with Crippen molar-refractivity contribution in [3.63, 3.8) is 0 Å². The molecule has 20 heavy (non-hydrogen) atoms. The lowest BCUT2D eigenvalue weighted by Crippen LogP contribution is -2.36. The Morgan fingerprint density at radius 2 is 2.00 bits per heavy atom. The molecule has 2 rings (SSSR count). The molecule has 0 aliphatic heterocycles. The molecule has 1 aromatic rings. The highest BCUT2D eigenvalue weighted by atomic mass is 16.5. The normalized spacial score (nSPS) is 22.4. The quantitative estimate of drug-likeness (QED) is 0.837. The standard InChI is InChI=1S/C16H24N2O2/c1-12-4-2-3-5-15(12)18-10-13-6-8-14(9-7-13)20-11-16(17)19/h6-9,12,15,18H,2-5,10-11H2,1H3,(H2,17,19)/t12-,15+/m0/s1. The van der Waals surface area contributed by atoms with E-state index in [1.165, 1.54) is 31.2 Å². The Balaban J connectivity index is 1.79. The van der Waals surface area contributed by atoms with Gasteiger partial charge in [0, 0.05) is 12.6 Å². The fraction of sp³-hybridized carbons (Fsp3) is 0.562. The maximum Gasteiger partial charge on any atom is 0.255 e. The molecule has 0 radical (unpaired) electrons. The molecule has 1 amide bonds. The highest BCUT2D eigenvalue weighted by molar-refractivity contribution is 5.75. The van der Waals surface area contributed by atoms with Gasteiger partial charge in [-0.2, -0.15) is 0 Å². The second kappa shape index (κ2) is 7.29. The number of hydrogen-bond donors (Lipinski definition) is 2. The zero-order chi connectivity index (χ0) is 14.4. The van der Waals surface area contributed by atoms with Crippen molar-refractivity contribution in [2.45, 2.75) is 45.2 Å². The van der Waals surface area contributed by atoms with Crippen molar-refractivity contribution in [1.82, 2.24) is 5.32 Å². The van der Waals surface area contributed by atoms with E-state index in [0.717, 1.165) is 12.5 Å². The molecule has 0 saturated heterocycles. The first kappa shape index (κ1) is 14.9. The third kappa shape index (κ3) is 4.53. The van der Waals surface area contributed by atoms with Crippen molar-refractivity contribution in [2.24, 2.45) is 11.7 Å². The average Bonchev–Trinajstić information content (AvgIpc) is 2.45. The molecule has 1 aliphatic rings. The summed E-state index contributed by atoms with van der Waals surface area (Å²) >= 11 is 0. The molecule has 0 bridgehead atoms. The maximum absolute atomic E-state index is 10.6. The second-order valence-electron chi connectivity index (χ2n) is 5.65. The van der Waals surface area contributed by atoms with Crippen LogP contribution < -0.4 is 15.8 Å². The Hall–Kier alpha value is -1.55. The summed E-state index contributed by atoms with van der Waals surface area (Å²) in [4.78, 5) is 10.6. The minimum atomic E-state index is -0.456. The van der Waals surface area contributed by atoms with Gasteiger partial charge in [-0.05, 0) is 36.5 Å². The van der Waals surface area contributed by atoms with Crippen LogP contribution in [-0.4, -0.2) is 18.6 Å². The number of amides is 1. The van der Waals surface area contributed by atoms with E-state index in [4.69, 9.17) is 10.5 Å². The van der Waals surface area contributed by atoms with Gasteiger partial charge in [-0.3, -0.25) is 4.79 Å². The summed E-state index contributed by atoms with van der Waals surface area (Å²) < 4.78 is 5.24. The molecule has 0 heterocycles. The number of carbonyl (C=O) groups excluding carboxylic acids is 1. The van der Waals surface area contributed by atoms with E-state index in [9.17, 15) is 4.79 Å². The van der Waals surface area contributed by atoms with E-state index in [1.54, 1.807) is 0 Å². The van der Waals surface area contributed by atoms with Gasteiger partial charge in [0.05, 0.1) is 0 Å². The van der Waals surface area contributed by atoms with E-state index in [2.05, 4.69) is 12.2 Å². The van der Waals surface area contributed by atoms with Crippen molar-refractivity contribution in [1.29, 1.82) is 0 Å². The molecule has 110 valence electrons. The van der Waals surface area contributed by atoms with Gasteiger partial charge < -0.3 is 15.8 Å². The molecule has 0 aromatic heterocycles. The largest absolute Gasteiger partial charge is 0.484 e. The first-order valence-corrected chi connectivity index (χ1v) is 7.38. The number of ether oxygens (including phenoxy) is 1. The zero-order valence-electron chi connectivity index (χ0n) is 12.1. The highest BCUT2D eigenvalue weighted by Gasteiger charge is 2.20. The van der Waals surface area contributed by atoms with Crippen LogP contribution in [0.3, 0.4) is 0 Å². The Labute approximate surface area is 120 Å². The lowest BCUT2D eigenvalue weighted by molar-refractivity contribution is -0.119. The van der Waals surface area contributed by atoms with E-state index >= 15 is 0 Å². The summed E-state index contributed by atoms with van der Waals surface area (Å²) in [5.41, 5.74) is 6.27. The second-order valence-corrected chi connectivity index (χ2v) is 5.65. The number of benzene rings is 1. The molecule has 3 N–H and O–H groups in total. The van der Waals surface area contributed by atoms with Crippen molar-refractivity contribution >= 4 is 5.91 Å². The van der Waals surface area contributed by atoms with Crippen LogP contribution in [0.15, 0.2) is 24.3 Å². The number of rotatable bonds is 6. The first-order valence-electron chi connectivity index (χ1n) is 7.38. The Bertz CT molecular complexity index is 431. The highest BCUT2D eigenvalue weighted by Crippen LogP contribution is 2.24. The summed E-state index contributed by atoms with van der Waals surface area (Å²) in [6.45, 7) is 3.14. The van der Waals surface area contributed by atoms with Crippen LogP contribution in [0, 0.1) is 5.92 Å². The molecule has 2 atom stereocenters. The SMILES string of the molecule is C[C@H]1CCCC[C@H]1NCc1ccc(OCC(N)=O)cc1. The van der Waals surface area contributed by atoms with E-state index in [-0.39, 0.29) is 6.61 Å². The van der Waals surface area contributed by atoms with Gasteiger partial charge in [-0.1, -0.05) is 31.9 Å². The Morgan fingerprint density at radius 3 is 2.65 bits per heavy atom. The molecular weight excluding hydrogens is 252 g/mol. The molecule has 4 heteroatoms. The topological polar surface area (TPSA) is 64.3 Å². The first-order chi connectivity index (χ1) is 9.65. The van der Waals surface area contributed by atoms with Gasteiger partial charge >= 0.3 is 0 Å². The van der Waals surface area contributed by atoms with Gasteiger partial charge in [-0.25, -0.2) is 0 Å². The number of nitrogens with two attached hydrogens (primary N) is 1. The van der Waals surface area contributed by atoms with E-state index in [0.29, 0.717) is 11.8 Å². The molecule has 0 unspecified atom stereocenters. The van der Waals surface area contributed by atoms with Crippen LogP contribution >= 0.6 is 0 Å². The summed E-state index contributed by atoms with van der Waals surface area (Å²) in [7, 11) is 0. The molecule has 1 fully saturated rings. The lowest BCUT2D eigenvalue weighted by atomic mass is 9.86. The summed E-state index contributed by atoms with van der Waals surface area (Å²) in [6.07, 6.45) is 5.31. The molecule has 1 aliphatic carbocycles. The smallest absolute Gasteiger partial charge is 0.255 e. The number of primary amides is 1. The van der Waals surface area contributed by atoms with Gasteiger partial charge in [-0.15, -0.1) is 0 Å². The predicted molar refractivity (Wildman–Crippen MR) is 79.4 cm³/mol. The van der Waals surface area contributed by atoms with Gasteiger partial charge in [0.1, 0.15) is 5.75 Å². The number of carbonyl (C=O) groups is 1. The molecule has 0 spiro atoms. The van der Waals surface area contributed by atoms with Crippen LogP contribution in [-0.2, 0) is 11.3 Å². The van der Waals surface area contributed by atoms with Crippen molar-refractivity contribution in [3.05, 3.63) is 29.8 Å². The summed E-state index contributed by atoms with van der Waals surface area (Å²) in [5.74, 6) is 0.988. The number of hydrogen-bond acceptors (Lipinski definition) is 3. The molecule has 1 saturated carbocycles. The fourth-order valence-electron chi connectivity index (χ4n) is 2.73. The molecule has 4 nitrogen and oxygen atoms in total. The van der Waals surface area contributed by atoms with Gasteiger partial charge in [0.15, 0.2) is 6.61 Å². The minimum absolute atomic E-state index is 0.0722. The Kier molecular flexibility index (Phi) is 5.41. The zero-order valence-corrected chi connectivity index (χ0v) is 12.1. The average molecular weight is 276 g/mol. The van der Waals surface area contributed by atoms with Crippen molar-refractivity contribution < 1.29 is 9.53 Å². The maximum atomic E-state index is 10.6. The predicted octanol–water partition coefficient (Wildman–Crippen LogP) is 2.22. The van der Waals surface area contributed by atoms with Gasteiger partial charge in [0.2, 0.25) is 0 Å². The monoisotopic (exact) mass is 276 g/mol. The third-order valence-corrected chi connectivity index (χ3v) is 3.98. The van der Waals surface area contributed by atoms with Crippen LogP contribution in [0.25, 0.3) is 0 Å². The van der Waals surface area contributed by atoms with Crippen LogP contribution in [0.2, 0.25) is 0 Å². The van der Waals surface area contributed by atoms with Gasteiger partial charge in [0.25, 0.3) is 5.91 Å². The Morgan fingerprint density at radius 1 is 1.30 bits per heavy atom. The number of nitrogens with one attached hydrogen (secondary N) is 1. The fourth-order valence-corrected chi connectivity index (χ4v) is 2.73. The minimum Gasteiger partial charge on any atom is -0.484 e. The molecule has 1 aromatic carbocycles. The van der Waals surface area contributed by atoms with Crippen molar-refractivity contribution in [2.75, 3.05) is 6.61 Å². The molecular formula is C16H24N2O2.